The van der Waals surface area contributed by atoms with E-state index in [0.29, 0.717) is 17.7 Å². The van der Waals surface area contributed by atoms with Crippen molar-refractivity contribution in [2.45, 2.75) is 108 Å². The smallest absolute Gasteiger partial charge is 0.326 e. The molecule has 328 valence electrons. The van der Waals surface area contributed by atoms with Crippen molar-refractivity contribution in [1.82, 2.24) is 41.5 Å². The zero-order valence-electron chi connectivity index (χ0n) is 33.2. The zero-order valence-corrected chi connectivity index (χ0v) is 33.2. The molecule has 7 unspecified atom stereocenters. The maximum atomic E-state index is 14.1. The van der Waals surface area contributed by atoms with Crippen LogP contribution in [-0.4, -0.2) is 144 Å². The summed E-state index contributed by atoms with van der Waals surface area (Å²) in [7, 11) is 0. The molecule has 0 radical (unpaired) electrons. The number of carboxylic acids is 3. The Morgan fingerprint density at radius 2 is 1.42 bits per heavy atom. The Balaban J connectivity index is 1.85. The number of hydrogen-bond acceptors (Lipinski definition) is 12. The molecule has 22 heteroatoms. The number of nitrogens with two attached hydrogens (primary N) is 1. The molecule has 22 nitrogen and oxygen atoms in total. The minimum atomic E-state index is -1.67. The first-order valence-electron chi connectivity index (χ1n) is 19.3. The van der Waals surface area contributed by atoms with Crippen LogP contribution in [0.2, 0.25) is 0 Å². The lowest BCUT2D eigenvalue weighted by molar-refractivity contribution is -0.144. The number of H-pyrrole nitrogens is 1. The second-order valence-electron chi connectivity index (χ2n) is 14.8. The number of imidazole rings is 1. The van der Waals surface area contributed by atoms with E-state index in [1.807, 2.05) is 0 Å². The third-order valence-corrected chi connectivity index (χ3v) is 9.49. The van der Waals surface area contributed by atoms with E-state index in [1.165, 1.54) is 17.4 Å². The molecule has 12 N–H and O–H groups in total. The van der Waals surface area contributed by atoms with Crippen LogP contribution in [0.5, 0.6) is 0 Å². The zero-order chi connectivity index (χ0) is 44.5. The molecule has 0 bridgehead atoms. The summed E-state index contributed by atoms with van der Waals surface area (Å²) in [5.41, 5.74) is 6.48. The highest BCUT2D eigenvalue weighted by Crippen LogP contribution is 2.21. The molecular formula is C38H53N9O13. The van der Waals surface area contributed by atoms with Crippen LogP contribution in [-0.2, 0) is 56.0 Å². The number of aliphatic hydroxyl groups is 1. The number of aliphatic hydroxyl groups excluding tert-OH is 1. The number of rotatable bonds is 24. The fourth-order valence-corrected chi connectivity index (χ4v) is 6.44. The molecule has 7 atom stereocenters. The van der Waals surface area contributed by atoms with Crippen LogP contribution >= 0.6 is 0 Å². The lowest BCUT2D eigenvalue weighted by atomic mass is 10.0. The van der Waals surface area contributed by atoms with E-state index in [4.69, 9.17) is 5.73 Å². The Morgan fingerprint density at radius 1 is 0.800 bits per heavy atom. The van der Waals surface area contributed by atoms with E-state index in [1.54, 1.807) is 44.2 Å². The van der Waals surface area contributed by atoms with E-state index in [-0.39, 0.29) is 38.1 Å². The molecule has 3 rings (SSSR count). The molecule has 2 heterocycles. The normalized spacial score (nSPS) is 16.6. The topological polar surface area (TPSA) is 353 Å². The van der Waals surface area contributed by atoms with E-state index < -0.39 is 122 Å². The number of benzene rings is 1. The van der Waals surface area contributed by atoms with Gasteiger partial charge in [-0.25, -0.2) is 9.78 Å². The number of aromatic nitrogens is 2. The Hall–Kier alpha value is -6.42. The van der Waals surface area contributed by atoms with E-state index >= 15 is 0 Å². The molecule has 2 aromatic rings. The number of carboxylic acid groups (broad SMARTS) is 3. The number of nitrogens with one attached hydrogen (secondary N) is 6. The number of carbonyl (C=O) groups is 9. The van der Waals surface area contributed by atoms with Crippen molar-refractivity contribution in [3.05, 3.63) is 54.1 Å². The third kappa shape index (κ3) is 15.1. The number of hydrogen-bond donors (Lipinski definition) is 11. The predicted octanol–water partition coefficient (Wildman–Crippen LogP) is -2.60. The molecule has 1 aromatic heterocycles. The molecule has 1 fully saturated rings. The van der Waals surface area contributed by atoms with Gasteiger partial charge in [0, 0.05) is 37.7 Å². The highest BCUT2D eigenvalue weighted by atomic mass is 16.4. The second-order valence-corrected chi connectivity index (χ2v) is 14.8. The number of likely N-dealkylation sites (tertiary alicyclic amines) is 1. The molecule has 0 aliphatic carbocycles. The van der Waals surface area contributed by atoms with Gasteiger partial charge in [-0.15, -0.1) is 0 Å². The standard InChI is InChI=1S/C38H53N9O13/c1-20(2)13-27(45-35(56)26(16-31(51)52)43-32(53)23(39)18-48)37(58)47-12-6-9-29(47)36(57)44-25(14-21-7-4-3-5-8-21)34(55)42-24(10-11-30(49)50)33(54)46-28(38(59)60)15-22-17-40-19-41-22/h3-5,7-8,17,19-20,23-29,48H,6,9-16,18,39H2,1-2H3,(H,40,41)(H,42,55)(H,43,53)(H,44,57)(H,45,56)(H,46,54)(H,49,50)(H,51,52)(H,59,60). The van der Waals surface area contributed by atoms with Gasteiger partial charge in [0.25, 0.3) is 0 Å². The fourth-order valence-electron chi connectivity index (χ4n) is 6.44. The highest BCUT2D eigenvalue weighted by Gasteiger charge is 2.40. The molecular weight excluding hydrogens is 790 g/mol. The number of carbonyl (C=O) groups excluding carboxylic acids is 6. The van der Waals surface area contributed by atoms with Gasteiger partial charge in [-0.1, -0.05) is 44.2 Å². The molecule has 60 heavy (non-hydrogen) atoms. The van der Waals surface area contributed by atoms with E-state index in [9.17, 15) is 63.6 Å². The molecule has 1 aromatic carbocycles. The van der Waals surface area contributed by atoms with Gasteiger partial charge in [-0.3, -0.25) is 38.4 Å². The quantitative estimate of drug-likeness (QED) is 0.0516. The lowest BCUT2D eigenvalue weighted by Crippen LogP contribution is -2.60. The van der Waals surface area contributed by atoms with Crippen LogP contribution in [0, 0.1) is 5.92 Å². The predicted molar refractivity (Wildman–Crippen MR) is 208 cm³/mol. The first kappa shape index (κ1) is 48.0. The van der Waals surface area contributed by atoms with Crippen molar-refractivity contribution in [2.75, 3.05) is 13.2 Å². The van der Waals surface area contributed by atoms with Gasteiger partial charge in [0.2, 0.25) is 35.4 Å². The number of aliphatic carboxylic acids is 3. The SMILES string of the molecule is CC(C)CC(NC(=O)C(CC(=O)O)NC(=O)C(N)CO)C(=O)N1CCCC1C(=O)NC(Cc1ccccc1)C(=O)NC(CCC(=O)O)C(=O)NC(Cc1cnc[nH]1)C(=O)O. The van der Waals surface area contributed by atoms with Crippen molar-refractivity contribution < 1.29 is 63.6 Å². The number of nitrogens with zero attached hydrogens (tertiary/aromatic N) is 2. The summed E-state index contributed by atoms with van der Waals surface area (Å²) in [5.74, 6) is -9.74. The van der Waals surface area contributed by atoms with Crippen molar-refractivity contribution >= 4 is 53.4 Å². The maximum absolute atomic E-state index is 14.1. The minimum Gasteiger partial charge on any atom is -0.481 e. The summed E-state index contributed by atoms with van der Waals surface area (Å²) in [5, 5.41) is 49.9. The Morgan fingerprint density at radius 3 is 2.00 bits per heavy atom. The molecule has 1 aliphatic heterocycles. The van der Waals surface area contributed by atoms with Gasteiger partial charge in [0.1, 0.15) is 42.3 Å². The lowest BCUT2D eigenvalue weighted by Gasteiger charge is -2.31. The summed E-state index contributed by atoms with van der Waals surface area (Å²) < 4.78 is 0. The van der Waals surface area contributed by atoms with Gasteiger partial charge in [-0.2, -0.15) is 0 Å². The summed E-state index contributed by atoms with van der Waals surface area (Å²) >= 11 is 0. The first-order valence-corrected chi connectivity index (χ1v) is 19.3. The number of aromatic amines is 1. The van der Waals surface area contributed by atoms with Crippen LogP contribution < -0.4 is 32.3 Å². The van der Waals surface area contributed by atoms with Gasteiger partial charge in [0.15, 0.2) is 0 Å². The first-order chi connectivity index (χ1) is 28.4. The minimum absolute atomic E-state index is 0.0444. The van der Waals surface area contributed by atoms with Crippen LogP contribution in [0.25, 0.3) is 0 Å². The summed E-state index contributed by atoms with van der Waals surface area (Å²) in [6, 6.07) is -1.53. The Labute approximate surface area is 344 Å². The van der Waals surface area contributed by atoms with Gasteiger partial charge in [-0.05, 0) is 37.2 Å². The average Bonchev–Trinajstić information content (AvgIpc) is 3.90. The summed E-state index contributed by atoms with van der Waals surface area (Å²) in [6.07, 6.45) is 0.999. The second kappa shape index (κ2) is 23.2. The van der Waals surface area contributed by atoms with Crippen LogP contribution in [0.3, 0.4) is 0 Å². The average molecular weight is 844 g/mol. The van der Waals surface area contributed by atoms with Crippen LogP contribution in [0.4, 0.5) is 0 Å². The largest absolute Gasteiger partial charge is 0.481 e. The molecule has 1 aliphatic rings. The van der Waals surface area contributed by atoms with Crippen LogP contribution in [0.15, 0.2) is 42.9 Å². The maximum Gasteiger partial charge on any atom is 0.326 e. The summed E-state index contributed by atoms with van der Waals surface area (Å²) in [4.78, 5) is 124. The van der Waals surface area contributed by atoms with Crippen molar-refractivity contribution in [3.8, 4) is 0 Å². The van der Waals surface area contributed by atoms with Crippen molar-refractivity contribution in [3.63, 3.8) is 0 Å². The monoisotopic (exact) mass is 843 g/mol. The molecule has 1 saturated heterocycles. The Kier molecular flexibility index (Phi) is 18.6. The van der Waals surface area contributed by atoms with Crippen molar-refractivity contribution in [2.24, 2.45) is 11.7 Å². The van der Waals surface area contributed by atoms with Gasteiger partial charge < -0.3 is 62.6 Å². The third-order valence-electron chi connectivity index (χ3n) is 9.49. The van der Waals surface area contributed by atoms with Gasteiger partial charge in [0.05, 0.1) is 19.4 Å². The van der Waals surface area contributed by atoms with E-state index in [0.717, 1.165) is 0 Å². The summed E-state index contributed by atoms with van der Waals surface area (Å²) in [6.45, 7) is 2.80. The van der Waals surface area contributed by atoms with Crippen molar-refractivity contribution in [1.29, 1.82) is 0 Å². The molecule has 6 amide bonds. The number of amides is 6. The molecule has 0 spiro atoms. The van der Waals surface area contributed by atoms with Gasteiger partial charge >= 0.3 is 17.9 Å². The van der Waals surface area contributed by atoms with Crippen LogP contribution in [0.1, 0.15) is 63.6 Å². The molecule has 0 saturated carbocycles. The highest BCUT2D eigenvalue weighted by molar-refractivity contribution is 5.98. The van der Waals surface area contributed by atoms with E-state index in [2.05, 4.69) is 36.6 Å². The Bertz CT molecular complexity index is 1830. The fraction of sp³-hybridized carbons (Fsp3) is 0.526.